The van der Waals surface area contributed by atoms with Crippen molar-refractivity contribution >= 4 is 23.8 Å². The molecule has 1 unspecified atom stereocenters. The van der Waals surface area contributed by atoms with Crippen LogP contribution in [0.1, 0.15) is 84.5 Å². The van der Waals surface area contributed by atoms with E-state index >= 15 is 0 Å². The summed E-state index contributed by atoms with van der Waals surface area (Å²) in [6, 6.07) is 0. The molecule has 4 aliphatic rings. The van der Waals surface area contributed by atoms with Gasteiger partial charge in [-0.1, -0.05) is 12.8 Å². The molecular weight excluding hydrogens is 440 g/mol. The van der Waals surface area contributed by atoms with Gasteiger partial charge in [-0.3, -0.25) is 19.2 Å². The van der Waals surface area contributed by atoms with Crippen molar-refractivity contribution in [1.82, 2.24) is 9.80 Å². The number of esters is 2. The standard InChI is InChI=1S/C8H14O2.C7H13NO.C5H9NO.C5H8O3/c1-7(9)10-8-5-3-2-4-6-8;1-8-6-4-2-3-5-7(8)9;1-6-4-2-3-5(6)7;1-4(6)7-2-5-3-8-5/h8H,2-6H2,1H3;2-6H2,1H3;2-4H2,1H3;5H,2-3H2,1H3. The zero-order chi connectivity index (χ0) is 25.3. The molecule has 34 heavy (non-hydrogen) atoms. The number of epoxide rings is 1. The van der Waals surface area contributed by atoms with Crippen LogP contribution in [-0.2, 0) is 33.4 Å². The van der Waals surface area contributed by atoms with E-state index in [1.807, 2.05) is 19.0 Å². The lowest BCUT2D eigenvalue weighted by Crippen LogP contribution is -2.25. The maximum Gasteiger partial charge on any atom is 0.302 e. The molecule has 0 spiro atoms. The van der Waals surface area contributed by atoms with Gasteiger partial charge in [0.25, 0.3) is 0 Å². The summed E-state index contributed by atoms with van der Waals surface area (Å²) >= 11 is 0. The predicted molar refractivity (Wildman–Crippen MR) is 128 cm³/mol. The SMILES string of the molecule is CC(=O)OC1CCCCC1.CC(=O)OCC1CO1.CN1CCCC1=O.CN1CCCCCC1=O. The highest BCUT2D eigenvalue weighted by Crippen LogP contribution is 2.20. The maximum absolute atomic E-state index is 10.9. The number of rotatable bonds is 3. The topological polar surface area (TPSA) is 106 Å². The van der Waals surface area contributed by atoms with Crippen LogP contribution in [0.2, 0.25) is 0 Å². The molecule has 0 aromatic heterocycles. The molecule has 3 saturated heterocycles. The Morgan fingerprint density at radius 2 is 1.35 bits per heavy atom. The number of ether oxygens (including phenoxy) is 3. The molecule has 9 nitrogen and oxygen atoms in total. The summed E-state index contributed by atoms with van der Waals surface area (Å²) in [4.78, 5) is 45.6. The van der Waals surface area contributed by atoms with E-state index in [2.05, 4.69) is 4.74 Å². The Balaban J connectivity index is 0.000000228. The summed E-state index contributed by atoms with van der Waals surface area (Å²) in [5.74, 6) is 0.236. The minimum atomic E-state index is -0.236. The van der Waals surface area contributed by atoms with Crippen LogP contribution in [0.4, 0.5) is 0 Å². The van der Waals surface area contributed by atoms with Crippen LogP contribution < -0.4 is 0 Å². The summed E-state index contributed by atoms with van der Waals surface area (Å²) in [5, 5.41) is 0. The number of hydrogen-bond donors (Lipinski definition) is 0. The van der Waals surface area contributed by atoms with Gasteiger partial charge in [0.1, 0.15) is 18.8 Å². The summed E-state index contributed by atoms with van der Waals surface area (Å²) in [6.45, 7) is 5.96. The second-order valence-corrected chi connectivity index (χ2v) is 9.17. The van der Waals surface area contributed by atoms with E-state index in [0.717, 1.165) is 58.2 Å². The summed E-state index contributed by atoms with van der Waals surface area (Å²) < 4.78 is 14.4. The average Bonchev–Trinajstić information content (AvgIpc) is 3.58. The summed E-state index contributed by atoms with van der Waals surface area (Å²) in [5.41, 5.74) is 0. The van der Waals surface area contributed by atoms with E-state index in [0.29, 0.717) is 18.4 Å². The molecule has 0 bridgehead atoms. The van der Waals surface area contributed by atoms with Crippen molar-refractivity contribution in [2.45, 2.75) is 96.7 Å². The third-order valence-electron chi connectivity index (χ3n) is 5.88. The van der Waals surface area contributed by atoms with E-state index in [1.54, 1.807) is 4.90 Å². The molecule has 1 saturated carbocycles. The lowest BCUT2D eigenvalue weighted by Gasteiger charge is -2.20. The van der Waals surface area contributed by atoms with Gasteiger partial charge in [-0.05, 0) is 44.9 Å². The fourth-order valence-electron chi connectivity index (χ4n) is 3.69. The molecule has 0 radical (unpaired) electrons. The van der Waals surface area contributed by atoms with E-state index in [-0.39, 0.29) is 24.1 Å². The van der Waals surface area contributed by atoms with Crippen LogP contribution in [0.5, 0.6) is 0 Å². The van der Waals surface area contributed by atoms with Gasteiger partial charge >= 0.3 is 11.9 Å². The van der Waals surface area contributed by atoms with Crippen molar-refractivity contribution in [2.75, 3.05) is 40.4 Å². The molecule has 9 heteroatoms. The molecule has 0 aromatic rings. The average molecular weight is 485 g/mol. The number of likely N-dealkylation sites (tertiary alicyclic amines) is 2. The van der Waals surface area contributed by atoms with E-state index in [1.165, 1.54) is 46.0 Å². The molecule has 4 rings (SSSR count). The van der Waals surface area contributed by atoms with Crippen molar-refractivity contribution in [3.05, 3.63) is 0 Å². The number of hydrogen-bond acceptors (Lipinski definition) is 7. The van der Waals surface area contributed by atoms with E-state index in [4.69, 9.17) is 9.47 Å². The fraction of sp³-hybridized carbons (Fsp3) is 0.840. The summed E-state index contributed by atoms with van der Waals surface area (Å²) in [6.07, 6.45) is 12.4. The molecule has 3 heterocycles. The highest BCUT2D eigenvalue weighted by atomic mass is 16.6. The number of carbonyl (C=O) groups excluding carboxylic acids is 4. The Labute approximate surface area is 204 Å². The van der Waals surface area contributed by atoms with Gasteiger partial charge in [-0.15, -0.1) is 0 Å². The molecule has 0 N–H and O–H groups in total. The van der Waals surface area contributed by atoms with Crippen molar-refractivity contribution in [1.29, 1.82) is 0 Å². The van der Waals surface area contributed by atoms with Crippen LogP contribution in [0.3, 0.4) is 0 Å². The Kier molecular flexibility index (Phi) is 15.2. The molecule has 0 aromatic carbocycles. The predicted octanol–water partition coefficient (Wildman–Crippen LogP) is 3.09. The van der Waals surface area contributed by atoms with Crippen LogP contribution >= 0.6 is 0 Å². The van der Waals surface area contributed by atoms with Crippen molar-refractivity contribution in [3.63, 3.8) is 0 Å². The fourth-order valence-corrected chi connectivity index (χ4v) is 3.69. The first-order valence-corrected chi connectivity index (χ1v) is 12.6. The molecule has 196 valence electrons. The smallest absolute Gasteiger partial charge is 0.302 e. The zero-order valence-corrected chi connectivity index (χ0v) is 21.5. The minimum Gasteiger partial charge on any atom is -0.463 e. The normalized spacial score (nSPS) is 22.1. The first-order valence-electron chi connectivity index (χ1n) is 12.6. The van der Waals surface area contributed by atoms with E-state index in [9.17, 15) is 19.2 Å². The van der Waals surface area contributed by atoms with Crippen LogP contribution in [-0.4, -0.2) is 86.2 Å². The third-order valence-corrected chi connectivity index (χ3v) is 5.88. The number of nitrogens with zero attached hydrogens (tertiary/aromatic N) is 2. The number of amides is 2. The van der Waals surface area contributed by atoms with Crippen molar-refractivity contribution < 1.29 is 33.4 Å². The zero-order valence-electron chi connectivity index (χ0n) is 21.5. The van der Waals surface area contributed by atoms with E-state index < -0.39 is 0 Å². The monoisotopic (exact) mass is 484 g/mol. The Morgan fingerprint density at radius 3 is 1.82 bits per heavy atom. The lowest BCUT2D eigenvalue weighted by molar-refractivity contribution is -0.147. The van der Waals surface area contributed by atoms with Crippen molar-refractivity contribution in [2.24, 2.45) is 0 Å². The van der Waals surface area contributed by atoms with Crippen LogP contribution in [0.15, 0.2) is 0 Å². The third kappa shape index (κ3) is 15.6. The quantitative estimate of drug-likeness (QED) is 0.448. The Bertz CT molecular complexity index is 631. The Morgan fingerprint density at radius 1 is 0.824 bits per heavy atom. The first kappa shape index (κ1) is 29.9. The second kappa shape index (κ2) is 17.3. The van der Waals surface area contributed by atoms with Gasteiger partial charge < -0.3 is 24.0 Å². The van der Waals surface area contributed by atoms with Crippen LogP contribution in [0, 0.1) is 0 Å². The molecule has 1 aliphatic carbocycles. The Hall–Kier alpha value is -2.16. The van der Waals surface area contributed by atoms with Gasteiger partial charge in [-0.25, -0.2) is 0 Å². The van der Waals surface area contributed by atoms with Gasteiger partial charge in [-0.2, -0.15) is 0 Å². The maximum atomic E-state index is 10.9. The first-order chi connectivity index (χ1) is 16.2. The number of carbonyl (C=O) groups is 4. The van der Waals surface area contributed by atoms with Gasteiger partial charge in [0, 0.05) is 53.9 Å². The van der Waals surface area contributed by atoms with Crippen LogP contribution in [0.25, 0.3) is 0 Å². The minimum absolute atomic E-state index is 0.132. The highest BCUT2D eigenvalue weighted by Gasteiger charge is 2.23. The van der Waals surface area contributed by atoms with Crippen molar-refractivity contribution in [3.8, 4) is 0 Å². The highest BCUT2D eigenvalue weighted by molar-refractivity contribution is 5.77. The molecule has 2 amide bonds. The second-order valence-electron chi connectivity index (χ2n) is 9.17. The van der Waals surface area contributed by atoms with Gasteiger partial charge in [0.2, 0.25) is 11.8 Å². The molecule has 4 fully saturated rings. The molecule has 1 atom stereocenters. The van der Waals surface area contributed by atoms with Gasteiger partial charge in [0.05, 0.1) is 6.61 Å². The largest absolute Gasteiger partial charge is 0.463 e. The molecule has 3 aliphatic heterocycles. The summed E-state index contributed by atoms with van der Waals surface area (Å²) in [7, 11) is 3.73. The lowest BCUT2D eigenvalue weighted by atomic mass is 9.98. The van der Waals surface area contributed by atoms with Gasteiger partial charge in [0.15, 0.2) is 0 Å². The molecular formula is C25H44N2O7.